The predicted octanol–water partition coefficient (Wildman–Crippen LogP) is 1.02. The molecule has 3 rings (SSSR count). The van der Waals surface area contributed by atoms with Gasteiger partial charge in [0.25, 0.3) is 5.56 Å². The number of benzene rings is 1. The Balaban J connectivity index is 1.59. The summed E-state index contributed by atoms with van der Waals surface area (Å²) in [7, 11) is 0. The Hall–Kier alpha value is -3.55. The first-order valence-electron chi connectivity index (χ1n) is 8.07. The summed E-state index contributed by atoms with van der Waals surface area (Å²) in [5, 5.41) is 8.49. The molecule has 1 aromatic carbocycles. The van der Waals surface area contributed by atoms with Crippen LogP contribution < -0.4 is 16.6 Å². The molecule has 8 heteroatoms. The standard InChI is InChI=1S/C18H17N5O3/c24-16(7-6-14-17(25)21-18(26)23-22-14)20-15-11-13(8-9-19-15)10-12-4-2-1-3-5-12/h1-5,8-9,11H,6-7,10H2,(H,19,20,24)(H2,21,23,25,26). The second-order valence-corrected chi connectivity index (χ2v) is 5.71. The van der Waals surface area contributed by atoms with Gasteiger partial charge in [-0.2, -0.15) is 5.10 Å². The van der Waals surface area contributed by atoms with Gasteiger partial charge in [-0.05, 0) is 29.7 Å². The van der Waals surface area contributed by atoms with Crippen LogP contribution in [0.1, 0.15) is 23.2 Å². The van der Waals surface area contributed by atoms with Gasteiger partial charge in [0.2, 0.25) is 5.91 Å². The lowest BCUT2D eigenvalue weighted by Crippen LogP contribution is -2.28. The molecular weight excluding hydrogens is 334 g/mol. The van der Waals surface area contributed by atoms with Crippen molar-refractivity contribution < 1.29 is 4.79 Å². The number of hydrogen-bond donors (Lipinski definition) is 3. The van der Waals surface area contributed by atoms with E-state index in [0.717, 1.165) is 12.0 Å². The van der Waals surface area contributed by atoms with Crippen LogP contribution in [0.25, 0.3) is 0 Å². The van der Waals surface area contributed by atoms with E-state index in [1.807, 2.05) is 42.5 Å². The van der Waals surface area contributed by atoms with E-state index in [1.54, 1.807) is 6.20 Å². The van der Waals surface area contributed by atoms with Crippen LogP contribution in [0.2, 0.25) is 0 Å². The van der Waals surface area contributed by atoms with Crippen LogP contribution in [0.15, 0.2) is 58.3 Å². The summed E-state index contributed by atoms with van der Waals surface area (Å²) in [5.41, 5.74) is 1.03. The van der Waals surface area contributed by atoms with Crippen molar-refractivity contribution in [1.82, 2.24) is 20.2 Å². The molecule has 0 spiro atoms. The fourth-order valence-electron chi connectivity index (χ4n) is 2.46. The molecule has 0 aliphatic carbocycles. The number of carbonyl (C=O) groups excluding carboxylic acids is 1. The maximum Gasteiger partial charge on any atom is 0.342 e. The average Bonchev–Trinajstić information content (AvgIpc) is 2.62. The van der Waals surface area contributed by atoms with Crippen LogP contribution in [-0.4, -0.2) is 26.1 Å². The first-order valence-corrected chi connectivity index (χ1v) is 8.07. The molecule has 0 bridgehead atoms. The molecule has 0 unspecified atom stereocenters. The fourth-order valence-corrected chi connectivity index (χ4v) is 2.46. The highest BCUT2D eigenvalue weighted by Gasteiger charge is 2.08. The number of nitrogens with zero attached hydrogens (tertiary/aromatic N) is 2. The van der Waals surface area contributed by atoms with Gasteiger partial charge in [-0.1, -0.05) is 30.3 Å². The summed E-state index contributed by atoms with van der Waals surface area (Å²) < 4.78 is 0. The minimum atomic E-state index is -0.678. The van der Waals surface area contributed by atoms with E-state index in [9.17, 15) is 14.4 Å². The van der Waals surface area contributed by atoms with Gasteiger partial charge in [-0.3, -0.25) is 14.6 Å². The predicted molar refractivity (Wildman–Crippen MR) is 95.9 cm³/mol. The first kappa shape index (κ1) is 17.3. The first-order chi connectivity index (χ1) is 12.6. The maximum atomic E-state index is 12.1. The molecule has 3 N–H and O–H groups in total. The topological polar surface area (TPSA) is 121 Å². The van der Waals surface area contributed by atoms with Crippen molar-refractivity contribution in [3.05, 3.63) is 86.3 Å². The van der Waals surface area contributed by atoms with Crippen molar-refractivity contribution in [2.24, 2.45) is 0 Å². The van der Waals surface area contributed by atoms with E-state index in [4.69, 9.17) is 0 Å². The number of nitrogens with one attached hydrogen (secondary N) is 3. The molecule has 2 heterocycles. The maximum absolute atomic E-state index is 12.1. The quantitative estimate of drug-likeness (QED) is 0.612. The van der Waals surface area contributed by atoms with Crippen molar-refractivity contribution in [1.29, 1.82) is 0 Å². The van der Waals surface area contributed by atoms with Crippen LogP contribution in [0.3, 0.4) is 0 Å². The number of aryl methyl sites for hydroxylation is 1. The van der Waals surface area contributed by atoms with Gasteiger partial charge in [-0.25, -0.2) is 14.9 Å². The number of hydrogen-bond acceptors (Lipinski definition) is 5. The highest BCUT2D eigenvalue weighted by Crippen LogP contribution is 2.12. The molecule has 0 fully saturated rings. The molecule has 0 aliphatic rings. The van der Waals surface area contributed by atoms with E-state index in [-0.39, 0.29) is 24.4 Å². The third-order valence-electron chi connectivity index (χ3n) is 3.71. The Labute approximate surface area is 148 Å². The molecule has 1 amide bonds. The lowest BCUT2D eigenvalue weighted by Gasteiger charge is -2.07. The van der Waals surface area contributed by atoms with Gasteiger partial charge < -0.3 is 5.32 Å². The summed E-state index contributed by atoms with van der Waals surface area (Å²) in [6.45, 7) is 0. The zero-order chi connectivity index (χ0) is 18.4. The van der Waals surface area contributed by atoms with Crippen LogP contribution in [0.5, 0.6) is 0 Å². The molecule has 132 valence electrons. The molecule has 3 aromatic rings. The number of carbonyl (C=O) groups is 1. The van der Waals surface area contributed by atoms with Crippen LogP contribution in [0.4, 0.5) is 5.82 Å². The monoisotopic (exact) mass is 351 g/mol. The van der Waals surface area contributed by atoms with E-state index < -0.39 is 11.2 Å². The van der Waals surface area contributed by atoms with E-state index in [2.05, 4.69) is 25.5 Å². The lowest BCUT2D eigenvalue weighted by molar-refractivity contribution is -0.116. The minimum absolute atomic E-state index is 0.0483. The summed E-state index contributed by atoms with van der Waals surface area (Å²) in [5.74, 6) is 0.161. The zero-order valence-electron chi connectivity index (χ0n) is 13.9. The number of aromatic nitrogens is 4. The minimum Gasteiger partial charge on any atom is -0.311 e. The second-order valence-electron chi connectivity index (χ2n) is 5.71. The van der Waals surface area contributed by atoms with Crippen LogP contribution in [-0.2, 0) is 17.6 Å². The van der Waals surface area contributed by atoms with Crippen LogP contribution >= 0.6 is 0 Å². The largest absolute Gasteiger partial charge is 0.342 e. The number of amides is 1. The Bertz CT molecular complexity index is 1010. The molecule has 0 radical (unpaired) electrons. The van der Waals surface area contributed by atoms with Gasteiger partial charge in [0.05, 0.1) is 0 Å². The summed E-state index contributed by atoms with van der Waals surface area (Å²) in [6, 6.07) is 13.7. The molecule has 0 saturated heterocycles. The number of pyridine rings is 1. The summed E-state index contributed by atoms with van der Waals surface area (Å²) in [4.78, 5) is 40.8. The van der Waals surface area contributed by atoms with Gasteiger partial charge in [-0.15, -0.1) is 0 Å². The van der Waals surface area contributed by atoms with Crippen molar-refractivity contribution >= 4 is 11.7 Å². The highest BCUT2D eigenvalue weighted by atomic mass is 16.2. The van der Waals surface area contributed by atoms with Gasteiger partial charge in [0.15, 0.2) is 0 Å². The molecule has 8 nitrogen and oxygen atoms in total. The molecule has 0 aliphatic heterocycles. The number of anilines is 1. The zero-order valence-corrected chi connectivity index (χ0v) is 13.9. The molecule has 0 saturated carbocycles. The smallest absolute Gasteiger partial charge is 0.311 e. The molecule has 0 atom stereocenters. The number of aromatic amines is 2. The van der Waals surface area contributed by atoms with E-state index >= 15 is 0 Å². The normalized spacial score (nSPS) is 10.5. The average molecular weight is 351 g/mol. The Kier molecular flexibility index (Phi) is 5.33. The third-order valence-corrected chi connectivity index (χ3v) is 3.71. The summed E-state index contributed by atoms with van der Waals surface area (Å²) >= 11 is 0. The highest BCUT2D eigenvalue weighted by molar-refractivity contribution is 5.89. The summed E-state index contributed by atoms with van der Waals surface area (Å²) in [6.07, 6.45) is 2.54. The van der Waals surface area contributed by atoms with Gasteiger partial charge in [0.1, 0.15) is 11.5 Å². The van der Waals surface area contributed by atoms with Crippen LogP contribution in [0, 0.1) is 0 Å². The molecule has 26 heavy (non-hydrogen) atoms. The SMILES string of the molecule is O=C(CCc1n[nH]c(=O)[nH]c1=O)Nc1cc(Cc2ccccc2)ccn1. The number of rotatable bonds is 6. The van der Waals surface area contributed by atoms with E-state index in [0.29, 0.717) is 5.82 Å². The van der Waals surface area contributed by atoms with Gasteiger partial charge in [0, 0.05) is 19.0 Å². The molecular formula is C18H17N5O3. The van der Waals surface area contributed by atoms with Crippen molar-refractivity contribution in [3.8, 4) is 0 Å². The third kappa shape index (κ3) is 4.73. The fraction of sp³-hybridized carbons (Fsp3) is 0.167. The van der Waals surface area contributed by atoms with Crippen molar-refractivity contribution in [2.45, 2.75) is 19.3 Å². The van der Waals surface area contributed by atoms with Crippen molar-refractivity contribution in [3.63, 3.8) is 0 Å². The lowest BCUT2D eigenvalue weighted by atomic mass is 10.1. The second kappa shape index (κ2) is 8.02. The Morgan fingerprint density at radius 1 is 1.08 bits per heavy atom. The van der Waals surface area contributed by atoms with Crippen molar-refractivity contribution in [2.75, 3.05) is 5.32 Å². The van der Waals surface area contributed by atoms with E-state index in [1.165, 1.54) is 5.56 Å². The molecule has 2 aromatic heterocycles. The Morgan fingerprint density at radius 2 is 1.88 bits per heavy atom. The van der Waals surface area contributed by atoms with Gasteiger partial charge >= 0.3 is 5.69 Å². The Morgan fingerprint density at radius 3 is 2.65 bits per heavy atom. The number of H-pyrrole nitrogens is 2.